The molecule has 1 aromatic carbocycles. The molecule has 2 amide bonds. The summed E-state index contributed by atoms with van der Waals surface area (Å²) < 4.78 is 1.32. The first kappa shape index (κ1) is 14.2. The van der Waals surface area contributed by atoms with Gasteiger partial charge >= 0.3 is 0 Å². The number of carbonyl (C=O) groups excluding carboxylic acids is 3. The number of aromatic nitrogens is 1. The van der Waals surface area contributed by atoms with Crippen LogP contribution in [0.2, 0.25) is 0 Å². The molecule has 6 heteroatoms. The van der Waals surface area contributed by atoms with Crippen molar-refractivity contribution in [2.24, 2.45) is 0 Å². The highest BCUT2D eigenvalue weighted by Crippen LogP contribution is 2.24. The first-order chi connectivity index (χ1) is 10.5. The lowest BCUT2D eigenvalue weighted by Crippen LogP contribution is -2.31. The van der Waals surface area contributed by atoms with Crippen molar-refractivity contribution in [3.8, 4) is 0 Å². The predicted octanol–water partition coefficient (Wildman–Crippen LogP) is 1.23. The van der Waals surface area contributed by atoms with E-state index in [-0.39, 0.29) is 18.4 Å². The van der Waals surface area contributed by atoms with E-state index < -0.39 is 12.5 Å². The molecule has 1 aliphatic heterocycles. The lowest BCUT2D eigenvalue weighted by atomic mass is 10.1. The van der Waals surface area contributed by atoms with E-state index in [4.69, 9.17) is 5.11 Å². The molecule has 1 N–H and O–H groups in total. The maximum Gasteiger partial charge on any atom is 0.261 e. The molecule has 0 saturated heterocycles. The lowest BCUT2D eigenvalue weighted by Gasteiger charge is -2.15. The molecule has 0 bridgehead atoms. The molecule has 3 rings (SSSR count). The standard InChI is InChI=1S/C16H14N2O4/c1-10-6-7-11(18(10)14(20)9-19)8-17-15(21)12-4-2-3-5-13(12)16(17)22/h2-7,19H,8-9H2,1H3. The summed E-state index contributed by atoms with van der Waals surface area (Å²) in [6.07, 6.45) is 0. The number of benzene rings is 1. The van der Waals surface area contributed by atoms with E-state index in [0.717, 1.165) is 4.90 Å². The zero-order chi connectivity index (χ0) is 15.9. The van der Waals surface area contributed by atoms with Gasteiger partial charge in [0.05, 0.1) is 17.7 Å². The number of aliphatic hydroxyl groups is 1. The van der Waals surface area contributed by atoms with Crippen LogP contribution in [0.4, 0.5) is 0 Å². The summed E-state index contributed by atoms with van der Waals surface area (Å²) in [4.78, 5) is 37.6. The van der Waals surface area contributed by atoms with Crippen LogP contribution in [0.3, 0.4) is 0 Å². The fraction of sp³-hybridized carbons (Fsp3) is 0.188. The van der Waals surface area contributed by atoms with Crippen molar-refractivity contribution in [1.82, 2.24) is 9.47 Å². The van der Waals surface area contributed by atoms with Gasteiger partial charge in [0.25, 0.3) is 17.7 Å². The Morgan fingerprint density at radius 1 is 1.05 bits per heavy atom. The summed E-state index contributed by atoms with van der Waals surface area (Å²) in [7, 11) is 0. The average molecular weight is 298 g/mol. The van der Waals surface area contributed by atoms with Gasteiger partial charge in [-0.25, -0.2) is 0 Å². The van der Waals surface area contributed by atoms with Crippen LogP contribution >= 0.6 is 0 Å². The molecule has 0 aliphatic carbocycles. The van der Waals surface area contributed by atoms with Crippen molar-refractivity contribution >= 4 is 17.7 Å². The van der Waals surface area contributed by atoms with E-state index in [0.29, 0.717) is 22.5 Å². The van der Waals surface area contributed by atoms with Gasteiger partial charge in [-0.2, -0.15) is 0 Å². The molecule has 0 unspecified atom stereocenters. The van der Waals surface area contributed by atoms with Gasteiger partial charge < -0.3 is 5.11 Å². The van der Waals surface area contributed by atoms with E-state index in [2.05, 4.69) is 0 Å². The molecule has 22 heavy (non-hydrogen) atoms. The SMILES string of the molecule is Cc1ccc(CN2C(=O)c3ccccc3C2=O)n1C(=O)CO. The van der Waals surface area contributed by atoms with E-state index in [1.54, 1.807) is 43.3 Å². The zero-order valence-electron chi connectivity index (χ0n) is 11.9. The summed E-state index contributed by atoms with van der Waals surface area (Å²) in [6.45, 7) is 1.08. The Kier molecular flexibility index (Phi) is 3.38. The minimum atomic E-state index is -0.634. The summed E-state index contributed by atoms with van der Waals surface area (Å²) in [5.41, 5.74) is 1.88. The van der Waals surface area contributed by atoms with Crippen LogP contribution in [0, 0.1) is 6.92 Å². The summed E-state index contributed by atoms with van der Waals surface area (Å²) >= 11 is 0. The lowest BCUT2D eigenvalue weighted by molar-refractivity contribution is 0.0631. The number of nitrogens with zero attached hydrogens (tertiary/aromatic N) is 2. The van der Waals surface area contributed by atoms with E-state index in [1.807, 2.05) is 0 Å². The molecule has 2 aromatic rings. The van der Waals surface area contributed by atoms with Crippen molar-refractivity contribution in [2.75, 3.05) is 6.61 Å². The zero-order valence-corrected chi connectivity index (χ0v) is 11.9. The highest BCUT2D eigenvalue weighted by molar-refractivity contribution is 6.21. The Morgan fingerprint density at radius 2 is 1.64 bits per heavy atom. The molecule has 0 spiro atoms. The number of rotatable bonds is 3. The predicted molar refractivity (Wildman–Crippen MR) is 77.5 cm³/mol. The fourth-order valence-electron chi connectivity index (χ4n) is 2.69. The summed E-state index contributed by atoms with van der Waals surface area (Å²) in [5.74, 6) is -1.24. The third-order valence-corrected chi connectivity index (χ3v) is 3.74. The van der Waals surface area contributed by atoms with Crippen LogP contribution in [0.1, 0.15) is 36.9 Å². The molecule has 0 saturated carbocycles. The van der Waals surface area contributed by atoms with Gasteiger partial charge in [-0.15, -0.1) is 0 Å². The normalized spacial score (nSPS) is 13.6. The second kappa shape index (κ2) is 5.23. The smallest absolute Gasteiger partial charge is 0.261 e. The number of hydrogen-bond donors (Lipinski definition) is 1. The van der Waals surface area contributed by atoms with Crippen LogP contribution in [-0.2, 0) is 6.54 Å². The molecule has 0 radical (unpaired) electrons. The van der Waals surface area contributed by atoms with Crippen molar-refractivity contribution in [3.05, 3.63) is 58.9 Å². The van der Waals surface area contributed by atoms with E-state index >= 15 is 0 Å². The number of aryl methyl sites for hydroxylation is 1. The van der Waals surface area contributed by atoms with Gasteiger partial charge in [-0.05, 0) is 31.2 Å². The van der Waals surface area contributed by atoms with Crippen molar-refractivity contribution in [3.63, 3.8) is 0 Å². The number of aliphatic hydroxyl groups excluding tert-OH is 1. The highest BCUT2D eigenvalue weighted by atomic mass is 16.3. The number of amides is 2. The summed E-state index contributed by atoms with van der Waals surface area (Å²) in [6, 6.07) is 10.0. The number of carbonyl (C=O) groups is 3. The molecular weight excluding hydrogens is 284 g/mol. The number of imide groups is 1. The Balaban J connectivity index is 1.95. The van der Waals surface area contributed by atoms with Crippen LogP contribution < -0.4 is 0 Å². The van der Waals surface area contributed by atoms with Gasteiger partial charge in [0.2, 0.25) is 0 Å². The largest absolute Gasteiger partial charge is 0.387 e. The molecule has 112 valence electrons. The van der Waals surface area contributed by atoms with Gasteiger partial charge in [0.1, 0.15) is 6.61 Å². The molecule has 2 heterocycles. The highest BCUT2D eigenvalue weighted by Gasteiger charge is 2.35. The van der Waals surface area contributed by atoms with E-state index in [9.17, 15) is 14.4 Å². The van der Waals surface area contributed by atoms with Crippen molar-refractivity contribution in [1.29, 1.82) is 0 Å². The van der Waals surface area contributed by atoms with Crippen molar-refractivity contribution < 1.29 is 19.5 Å². The number of fused-ring (bicyclic) bond motifs is 1. The van der Waals surface area contributed by atoms with Gasteiger partial charge in [0.15, 0.2) is 0 Å². The maximum absolute atomic E-state index is 12.3. The third-order valence-electron chi connectivity index (χ3n) is 3.74. The maximum atomic E-state index is 12.3. The first-order valence-electron chi connectivity index (χ1n) is 6.81. The minimum Gasteiger partial charge on any atom is -0.387 e. The molecule has 0 atom stereocenters. The van der Waals surface area contributed by atoms with E-state index in [1.165, 1.54) is 4.57 Å². The second-order valence-electron chi connectivity index (χ2n) is 5.10. The van der Waals surface area contributed by atoms with Crippen LogP contribution in [0.5, 0.6) is 0 Å². The fourth-order valence-corrected chi connectivity index (χ4v) is 2.69. The van der Waals surface area contributed by atoms with Crippen molar-refractivity contribution in [2.45, 2.75) is 13.5 Å². The van der Waals surface area contributed by atoms with Crippen LogP contribution in [0.15, 0.2) is 36.4 Å². The summed E-state index contributed by atoms with van der Waals surface area (Å²) in [5, 5.41) is 9.04. The Labute approximate surface area is 126 Å². The Bertz CT molecular complexity index is 756. The molecule has 0 fully saturated rings. The Hall–Kier alpha value is -2.73. The van der Waals surface area contributed by atoms with Gasteiger partial charge in [-0.1, -0.05) is 12.1 Å². The van der Waals surface area contributed by atoms with Gasteiger partial charge in [0, 0.05) is 11.4 Å². The van der Waals surface area contributed by atoms with Crippen LogP contribution in [-0.4, -0.2) is 38.9 Å². The number of hydrogen-bond acceptors (Lipinski definition) is 4. The molecule has 1 aromatic heterocycles. The topological polar surface area (TPSA) is 79.6 Å². The molecular formula is C16H14N2O4. The first-order valence-corrected chi connectivity index (χ1v) is 6.81. The average Bonchev–Trinajstić information content (AvgIpc) is 3.01. The third kappa shape index (κ3) is 2.05. The van der Waals surface area contributed by atoms with Crippen LogP contribution in [0.25, 0.3) is 0 Å². The Morgan fingerprint density at radius 3 is 2.18 bits per heavy atom. The minimum absolute atomic E-state index is 0.00801. The quantitative estimate of drug-likeness (QED) is 0.864. The van der Waals surface area contributed by atoms with Gasteiger partial charge in [-0.3, -0.25) is 23.9 Å². The monoisotopic (exact) mass is 298 g/mol. The second-order valence-corrected chi connectivity index (χ2v) is 5.10. The molecule has 6 nitrogen and oxygen atoms in total. The molecule has 1 aliphatic rings.